The van der Waals surface area contributed by atoms with Crippen LogP contribution in [0.25, 0.3) is 0 Å². The van der Waals surface area contributed by atoms with E-state index in [1.807, 2.05) is 32.0 Å². The summed E-state index contributed by atoms with van der Waals surface area (Å²) >= 11 is 5.84. The van der Waals surface area contributed by atoms with E-state index in [1.54, 1.807) is 12.1 Å². The lowest BCUT2D eigenvalue weighted by Crippen LogP contribution is -2.20. The summed E-state index contributed by atoms with van der Waals surface area (Å²) in [6.45, 7) is 3.99. The third-order valence-corrected chi connectivity index (χ3v) is 3.47. The zero-order chi connectivity index (χ0) is 16.1. The number of hydrogen-bond donors (Lipinski definition) is 2. The molecule has 0 atom stereocenters. The highest BCUT2D eigenvalue weighted by atomic mass is 35.5. The average Bonchev–Trinajstić information content (AvgIpc) is 2.46. The van der Waals surface area contributed by atoms with E-state index in [0.717, 1.165) is 16.7 Å². The number of rotatable bonds is 4. The maximum absolute atomic E-state index is 11.9. The predicted molar refractivity (Wildman–Crippen MR) is 88.5 cm³/mol. The van der Waals surface area contributed by atoms with Gasteiger partial charge in [0, 0.05) is 10.6 Å². The van der Waals surface area contributed by atoms with Crippen LogP contribution < -0.4 is 5.43 Å². The van der Waals surface area contributed by atoms with Crippen LogP contribution in [0.5, 0.6) is 5.75 Å². The summed E-state index contributed by atoms with van der Waals surface area (Å²) in [4.78, 5) is 11.9. The van der Waals surface area contributed by atoms with Crippen LogP contribution in [0.3, 0.4) is 0 Å². The molecule has 2 aromatic rings. The maximum atomic E-state index is 11.9. The first-order chi connectivity index (χ1) is 10.5. The molecule has 0 aliphatic heterocycles. The number of benzene rings is 2. The fraction of sp³-hybridized carbons (Fsp3) is 0.176. The van der Waals surface area contributed by atoms with Crippen LogP contribution in [0.4, 0.5) is 0 Å². The molecule has 0 aliphatic rings. The van der Waals surface area contributed by atoms with Gasteiger partial charge in [0.2, 0.25) is 5.91 Å². The van der Waals surface area contributed by atoms with Crippen molar-refractivity contribution in [3.05, 3.63) is 63.7 Å². The Balaban J connectivity index is 1.98. The number of carbonyl (C=O) groups excluding carboxylic acids is 1. The van der Waals surface area contributed by atoms with Crippen molar-refractivity contribution in [3.63, 3.8) is 0 Å². The summed E-state index contributed by atoms with van der Waals surface area (Å²) in [5, 5.41) is 14.0. The Hall–Kier alpha value is -2.33. The monoisotopic (exact) mass is 316 g/mol. The SMILES string of the molecule is Cc1ccc(CC(=O)N/N=C\c2cc(Cl)ccc2O)c(C)c1. The first kappa shape index (κ1) is 16.0. The van der Waals surface area contributed by atoms with Crippen LogP contribution in [0.1, 0.15) is 22.3 Å². The van der Waals surface area contributed by atoms with Gasteiger partial charge in [-0.3, -0.25) is 4.79 Å². The van der Waals surface area contributed by atoms with Gasteiger partial charge in [-0.15, -0.1) is 0 Å². The third kappa shape index (κ3) is 4.33. The van der Waals surface area contributed by atoms with Gasteiger partial charge in [0.25, 0.3) is 0 Å². The van der Waals surface area contributed by atoms with E-state index in [4.69, 9.17) is 11.6 Å². The predicted octanol–water partition coefficient (Wildman–Crippen LogP) is 3.36. The number of amides is 1. The number of phenols is 1. The standard InChI is InChI=1S/C17H17ClN2O2/c1-11-3-4-13(12(2)7-11)9-17(22)20-19-10-14-8-15(18)5-6-16(14)21/h3-8,10,21H,9H2,1-2H3,(H,20,22)/b19-10-. The number of aryl methyl sites for hydroxylation is 2. The first-order valence-corrected chi connectivity index (χ1v) is 7.20. The lowest BCUT2D eigenvalue weighted by Gasteiger charge is -2.06. The van der Waals surface area contributed by atoms with Gasteiger partial charge in [-0.2, -0.15) is 5.10 Å². The molecular formula is C17H17ClN2O2. The maximum Gasteiger partial charge on any atom is 0.244 e. The molecule has 2 rings (SSSR count). The third-order valence-electron chi connectivity index (χ3n) is 3.23. The highest BCUT2D eigenvalue weighted by Gasteiger charge is 2.05. The second kappa shape index (κ2) is 7.09. The van der Waals surface area contributed by atoms with E-state index in [0.29, 0.717) is 10.6 Å². The minimum Gasteiger partial charge on any atom is -0.507 e. The second-order valence-electron chi connectivity index (χ2n) is 5.10. The molecule has 0 aromatic heterocycles. The van der Waals surface area contributed by atoms with Crippen LogP contribution in [-0.4, -0.2) is 17.2 Å². The van der Waals surface area contributed by atoms with E-state index in [1.165, 1.54) is 12.3 Å². The quantitative estimate of drug-likeness (QED) is 0.671. The summed E-state index contributed by atoms with van der Waals surface area (Å²) in [5.74, 6) is -0.165. The van der Waals surface area contributed by atoms with Gasteiger partial charge >= 0.3 is 0 Å². The number of nitrogens with one attached hydrogen (secondary N) is 1. The lowest BCUT2D eigenvalue weighted by atomic mass is 10.0. The zero-order valence-electron chi connectivity index (χ0n) is 12.4. The summed E-state index contributed by atoms with van der Waals surface area (Å²) in [6.07, 6.45) is 1.62. The molecule has 4 nitrogen and oxygen atoms in total. The van der Waals surface area contributed by atoms with Crippen molar-refractivity contribution >= 4 is 23.7 Å². The molecular weight excluding hydrogens is 300 g/mol. The summed E-state index contributed by atoms with van der Waals surface area (Å²) in [6, 6.07) is 10.6. The number of hydrogen-bond acceptors (Lipinski definition) is 3. The van der Waals surface area contributed by atoms with Crippen molar-refractivity contribution in [1.82, 2.24) is 5.43 Å². The van der Waals surface area contributed by atoms with Crippen LogP contribution in [0.15, 0.2) is 41.5 Å². The minimum absolute atomic E-state index is 0.0526. The number of carbonyl (C=O) groups is 1. The van der Waals surface area contributed by atoms with E-state index in [-0.39, 0.29) is 18.1 Å². The van der Waals surface area contributed by atoms with Crippen molar-refractivity contribution < 1.29 is 9.90 Å². The molecule has 5 heteroatoms. The molecule has 1 amide bonds. The number of halogens is 1. The molecule has 2 N–H and O–H groups in total. The topological polar surface area (TPSA) is 61.7 Å². The number of nitrogens with zero attached hydrogens (tertiary/aromatic N) is 1. The fourth-order valence-corrected chi connectivity index (χ4v) is 2.24. The number of phenolic OH excluding ortho intramolecular Hbond substituents is 1. The Labute approximate surface area is 134 Å². The summed E-state index contributed by atoms with van der Waals surface area (Å²) < 4.78 is 0. The highest BCUT2D eigenvalue weighted by molar-refractivity contribution is 6.30. The molecule has 0 bridgehead atoms. The molecule has 2 aromatic carbocycles. The minimum atomic E-state index is -0.218. The van der Waals surface area contributed by atoms with E-state index >= 15 is 0 Å². The molecule has 114 valence electrons. The second-order valence-corrected chi connectivity index (χ2v) is 5.54. The summed E-state index contributed by atoms with van der Waals surface area (Å²) in [7, 11) is 0. The van der Waals surface area contributed by atoms with Crippen molar-refractivity contribution in [2.24, 2.45) is 5.10 Å². The van der Waals surface area contributed by atoms with Crippen LogP contribution in [-0.2, 0) is 11.2 Å². The molecule has 0 fully saturated rings. The largest absolute Gasteiger partial charge is 0.507 e. The van der Waals surface area contributed by atoms with Crippen molar-refractivity contribution in [3.8, 4) is 5.75 Å². The molecule has 0 saturated carbocycles. The van der Waals surface area contributed by atoms with Crippen LogP contribution in [0.2, 0.25) is 5.02 Å². The summed E-state index contributed by atoms with van der Waals surface area (Å²) in [5.41, 5.74) is 6.09. The van der Waals surface area contributed by atoms with Gasteiger partial charge in [-0.25, -0.2) is 5.43 Å². The van der Waals surface area contributed by atoms with Gasteiger partial charge in [-0.1, -0.05) is 35.4 Å². The van der Waals surface area contributed by atoms with Crippen molar-refractivity contribution in [2.45, 2.75) is 20.3 Å². The Kier molecular flexibility index (Phi) is 5.17. The molecule has 0 spiro atoms. The Morgan fingerprint density at radius 1 is 1.27 bits per heavy atom. The van der Waals surface area contributed by atoms with Crippen LogP contribution >= 0.6 is 11.6 Å². The van der Waals surface area contributed by atoms with Gasteiger partial charge in [0.05, 0.1) is 12.6 Å². The Morgan fingerprint density at radius 3 is 2.77 bits per heavy atom. The molecule has 0 saturated heterocycles. The van der Waals surface area contributed by atoms with E-state index in [9.17, 15) is 9.90 Å². The van der Waals surface area contributed by atoms with Gasteiger partial charge in [0.15, 0.2) is 0 Å². The van der Waals surface area contributed by atoms with Crippen LogP contribution in [0, 0.1) is 13.8 Å². The molecule has 0 unspecified atom stereocenters. The average molecular weight is 317 g/mol. The molecule has 0 aliphatic carbocycles. The van der Waals surface area contributed by atoms with Gasteiger partial charge in [-0.05, 0) is 43.2 Å². The number of hydrazone groups is 1. The Bertz CT molecular complexity index is 727. The smallest absolute Gasteiger partial charge is 0.244 e. The number of aromatic hydroxyl groups is 1. The molecule has 0 radical (unpaired) electrons. The van der Waals surface area contributed by atoms with E-state index in [2.05, 4.69) is 10.5 Å². The highest BCUT2D eigenvalue weighted by Crippen LogP contribution is 2.19. The normalized spacial score (nSPS) is 10.9. The Morgan fingerprint density at radius 2 is 2.05 bits per heavy atom. The lowest BCUT2D eigenvalue weighted by molar-refractivity contribution is -0.120. The van der Waals surface area contributed by atoms with Crippen molar-refractivity contribution in [1.29, 1.82) is 0 Å². The first-order valence-electron chi connectivity index (χ1n) is 6.82. The molecule has 22 heavy (non-hydrogen) atoms. The van der Waals surface area contributed by atoms with Gasteiger partial charge in [0.1, 0.15) is 5.75 Å². The van der Waals surface area contributed by atoms with E-state index < -0.39 is 0 Å². The van der Waals surface area contributed by atoms with Crippen molar-refractivity contribution in [2.75, 3.05) is 0 Å². The molecule has 0 heterocycles. The zero-order valence-corrected chi connectivity index (χ0v) is 13.2. The van der Waals surface area contributed by atoms with Gasteiger partial charge < -0.3 is 5.11 Å². The fourth-order valence-electron chi connectivity index (χ4n) is 2.06.